The highest BCUT2D eigenvalue weighted by molar-refractivity contribution is 7.98. The summed E-state index contributed by atoms with van der Waals surface area (Å²) < 4.78 is 2.69. The fraction of sp³-hybridized carbons (Fsp3) is 0.333. The number of aryl methyl sites for hydroxylation is 1. The lowest BCUT2D eigenvalue weighted by Gasteiger charge is -2.12. The van der Waals surface area contributed by atoms with Crippen LogP contribution in [0.15, 0.2) is 27.9 Å². The Hall–Kier alpha value is -2.32. The minimum atomic E-state index is -0.645. The third kappa shape index (κ3) is 3.46. The second-order valence-electron chi connectivity index (χ2n) is 6.49. The SMILES string of the molecule is CSc1cc(C(C)C)ccc1-n1c(=O)n(CC(N)=O)c2c(Cl)nc(C)nc21. The number of thioether (sulfide) groups is 1. The maximum absolute atomic E-state index is 13.2. The lowest BCUT2D eigenvalue weighted by atomic mass is 10.0. The first-order valence-corrected chi connectivity index (χ1v) is 9.96. The van der Waals surface area contributed by atoms with Crippen LogP contribution >= 0.6 is 23.4 Å². The molecule has 7 nitrogen and oxygen atoms in total. The summed E-state index contributed by atoms with van der Waals surface area (Å²) in [6, 6.07) is 5.94. The summed E-state index contributed by atoms with van der Waals surface area (Å²) in [6.45, 7) is 5.62. The molecule has 9 heteroatoms. The molecule has 3 aromatic rings. The van der Waals surface area contributed by atoms with Gasteiger partial charge in [-0.15, -0.1) is 11.8 Å². The molecule has 1 aromatic carbocycles. The fourth-order valence-corrected chi connectivity index (χ4v) is 3.90. The molecule has 0 aliphatic rings. The maximum Gasteiger partial charge on any atom is 0.335 e. The van der Waals surface area contributed by atoms with E-state index in [1.165, 1.54) is 26.5 Å². The number of fused-ring (bicyclic) bond motifs is 1. The first-order chi connectivity index (χ1) is 12.7. The minimum absolute atomic E-state index is 0.110. The van der Waals surface area contributed by atoms with E-state index < -0.39 is 11.6 Å². The van der Waals surface area contributed by atoms with Crippen molar-refractivity contribution in [1.82, 2.24) is 19.1 Å². The van der Waals surface area contributed by atoms with Gasteiger partial charge in [-0.25, -0.2) is 19.3 Å². The van der Waals surface area contributed by atoms with E-state index in [-0.39, 0.29) is 11.7 Å². The molecular formula is C18H20ClN5O2S. The number of hydrogen-bond donors (Lipinski definition) is 1. The molecule has 0 saturated carbocycles. The standard InChI is InChI=1S/C18H20ClN5O2S/c1-9(2)11-5-6-12(13(7-11)27-4)24-17-15(16(19)21-10(3)22-17)23(18(24)26)8-14(20)25/h5-7,9H,8H2,1-4H3,(H2,20,25). The van der Waals surface area contributed by atoms with Crippen molar-refractivity contribution in [2.45, 2.75) is 38.1 Å². The van der Waals surface area contributed by atoms with Gasteiger partial charge in [0.15, 0.2) is 10.8 Å². The van der Waals surface area contributed by atoms with Gasteiger partial charge in [0.05, 0.1) is 5.69 Å². The van der Waals surface area contributed by atoms with E-state index in [0.717, 1.165) is 4.90 Å². The highest BCUT2D eigenvalue weighted by atomic mass is 35.5. The van der Waals surface area contributed by atoms with E-state index in [4.69, 9.17) is 17.3 Å². The Morgan fingerprint density at radius 2 is 2.04 bits per heavy atom. The van der Waals surface area contributed by atoms with E-state index in [1.807, 2.05) is 18.4 Å². The van der Waals surface area contributed by atoms with E-state index in [9.17, 15) is 9.59 Å². The first-order valence-electron chi connectivity index (χ1n) is 8.36. The molecule has 2 heterocycles. The number of carbonyl (C=O) groups excluding carboxylic acids is 1. The smallest absolute Gasteiger partial charge is 0.335 e. The van der Waals surface area contributed by atoms with E-state index in [1.54, 1.807) is 6.92 Å². The maximum atomic E-state index is 13.2. The van der Waals surface area contributed by atoms with Crippen molar-refractivity contribution in [3.8, 4) is 5.69 Å². The Balaban J connectivity index is 2.40. The summed E-state index contributed by atoms with van der Waals surface area (Å²) in [5, 5.41) is 0.110. The summed E-state index contributed by atoms with van der Waals surface area (Å²) in [7, 11) is 0. The van der Waals surface area contributed by atoms with Crippen molar-refractivity contribution in [1.29, 1.82) is 0 Å². The number of aromatic nitrogens is 4. The number of imidazole rings is 1. The number of nitrogens with two attached hydrogens (primary N) is 1. The van der Waals surface area contributed by atoms with E-state index in [0.29, 0.717) is 28.6 Å². The van der Waals surface area contributed by atoms with Gasteiger partial charge in [0, 0.05) is 4.90 Å². The van der Waals surface area contributed by atoms with Gasteiger partial charge in [0.25, 0.3) is 0 Å². The van der Waals surface area contributed by atoms with Crippen LogP contribution in [0.3, 0.4) is 0 Å². The van der Waals surface area contributed by atoms with Crippen molar-refractivity contribution in [2.24, 2.45) is 5.73 Å². The summed E-state index contributed by atoms with van der Waals surface area (Å²) >= 11 is 7.82. The first kappa shape index (κ1) is 19.4. The Labute approximate surface area is 165 Å². The Morgan fingerprint density at radius 3 is 2.63 bits per heavy atom. The summed E-state index contributed by atoms with van der Waals surface area (Å²) in [4.78, 5) is 34.1. The predicted octanol–water partition coefficient (Wildman–Crippen LogP) is 2.87. The molecule has 0 atom stereocenters. The Bertz CT molecular complexity index is 1100. The molecule has 1 amide bonds. The molecule has 27 heavy (non-hydrogen) atoms. The average Bonchev–Trinajstić information content (AvgIpc) is 2.85. The van der Waals surface area contributed by atoms with E-state index in [2.05, 4.69) is 29.9 Å². The number of benzene rings is 1. The summed E-state index contributed by atoms with van der Waals surface area (Å²) in [6.07, 6.45) is 1.95. The number of amides is 1. The van der Waals surface area contributed by atoms with Crippen molar-refractivity contribution in [3.63, 3.8) is 0 Å². The topological polar surface area (TPSA) is 95.8 Å². The lowest BCUT2D eigenvalue weighted by Crippen LogP contribution is -2.29. The summed E-state index contributed by atoms with van der Waals surface area (Å²) in [5.41, 5.74) is 7.39. The predicted molar refractivity (Wildman–Crippen MR) is 108 cm³/mol. The number of carbonyl (C=O) groups is 1. The van der Waals surface area contributed by atoms with E-state index >= 15 is 0 Å². The molecule has 3 rings (SSSR count). The van der Waals surface area contributed by atoms with Gasteiger partial charge in [0.1, 0.15) is 17.9 Å². The number of rotatable bonds is 5. The molecule has 0 radical (unpaired) electrons. The van der Waals surface area contributed by atoms with Gasteiger partial charge in [-0.1, -0.05) is 31.5 Å². The zero-order valence-corrected chi connectivity index (χ0v) is 17.1. The Kier molecular flexibility index (Phi) is 5.30. The van der Waals surface area contributed by atoms with Crippen LogP contribution in [0, 0.1) is 6.92 Å². The Morgan fingerprint density at radius 1 is 1.33 bits per heavy atom. The van der Waals surface area contributed by atoms with Crippen LogP contribution in [-0.2, 0) is 11.3 Å². The van der Waals surface area contributed by atoms with Crippen LogP contribution in [0.2, 0.25) is 5.15 Å². The zero-order chi connectivity index (χ0) is 19.9. The highest BCUT2D eigenvalue weighted by Gasteiger charge is 2.22. The molecule has 0 saturated heterocycles. The normalized spacial score (nSPS) is 11.5. The van der Waals surface area contributed by atoms with Crippen molar-refractivity contribution in [2.75, 3.05) is 6.26 Å². The quantitative estimate of drug-likeness (QED) is 0.520. The van der Waals surface area contributed by atoms with Crippen LogP contribution in [0.5, 0.6) is 0 Å². The van der Waals surface area contributed by atoms with Gasteiger partial charge >= 0.3 is 5.69 Å². The molecular weight excluding hydrogens is 386 g/mol. The van der Waals surface area contributed by atoms with Gasteiger partial charge in [-0.05, 0) is 36.8 Å². The fourth-order valence-electron chi connectivity index (χ4n) is 2.97. The summed E-state index contributed by atoms with van der Waals surface area (Å²) in [5.74, 6) is 0.145. The van der Waals surface area contributed by atoms with Gasteiger partial charge in [0.2, 0.25) is 5.91 Å². The molecule has 2 N–H and O–H groups in total. The monoisotopic (exact) mass is 405 g/mol. The molecule has 2 aromatic heterocycles. The second-order valence-corrected chi connectivity index (χ2v) is 7.70. The van der Waals surface area contributed by atoms with Gasteiger partial charge < -0.3 is 5.73 Å². The largest absolute Gasteiger partial charge is 0.368 e. The molecule has 0 aliphatic carbocycles. The third-order valence-corrected chi connectivity index (χ3v) is 5.29. The number of hydrogen-bond acceptors (Lipinski definition) is 5. The number of nitrogens with zero attached hydrogens (tertiary/aromatic N) is 4. The average molecular weight is 406 g/mol. The number of primary amides is 1. The molecule has 142 valence electrons. The van der Waals surface area contributed by atoms with Crippen LogP contribution in [0.1, 0.15) is 31.2 Å². The van der Waals surface area contributed by atoms with Crippen molar-refractivity contribution < 1.29 is 4.79 Å². The van der Waals surface area contributed by atoms with Crippen LogP contribution in [-0.4, -0.2) is 31.3 Å². The molecule has 0 aliphatic heterocycles. The second kappa shape index (κ2) is 7.36. The third-order valence-electron chi connectivity index (χ3n) is 4.26. The molecule has 0 bridgehead atoms. The number of halogens is 1. The van der Waals surface area contributed by atoms with Crippen LogP contribution < -0.4 is 11.4 Å². The van der Waals surface area contributed by atoms with Crippen molar-refractivity contribution in [3.05, 3.63) is 45.2 Å². The van der Waals surface area contributed by atoms with Crippen LogP contribution in [0.4, 0.5) is 0 Å². The molecule has 0 spiro atoms. The van der Waals surface area contributed by atoms with Crippen LogP contribution in [0.25, 0.3) is 16.9 Å². The highest BCUT2D eigenvalue weighted by Crippen LogP contribution is 2.30. The van der Waals surface area contributed by atoms with Crippen molar-refractivity contribution >= 4 is 40.4 Å². The minimum Gasteiger partial charge on any atom is -0.368 e. The lowest BCUT2D eigenvalue weighted by molar-refractivity contribution is -0.118. The molecule has 0 unspecified atom stereocenters. The molecule has 0 fully saturated rings. The van der Waals surface area contributed by atoms with Gasteiger partial charge in [-0.2, -0.15) is 0 Å². The zero-order valence-electron chi connectivity index (χ0n) is 15.5. The van der Waals surface area contributed by atoms with Gasteiger partial charge in [-0.3, -0.25) is 9.36 Å².